The quantitative estimate of drug-likeness (QED) is 0.816. The van der Waals surface area contributed by atoms with Gasteiger partial charge in [0.1, 0.15) is 5.82 Å². The van der Waals surface area contributed by atoms with E-state index in [2.05, 4.69) is 34.7 Å². The van der Waals surface area contributed by atoms with E-state index in [0.717, 1.165) is 12.0 Å². The van der Waals surface area contributed by atoms with Crippen LogP contribution in [-0.2, 0) is 6.42 Å². The van der Waals surface area contributed by atoms with Crippen molar-refractivity contribution < 1.29 is 4.79 Å². The van der Waals surface area contributed by atoms with Gasteiger partial charge in [0.25, 0.3) is 5.91 Å². The number of carbonyl (C=O) groups is 1. The highest BCUT2D eigenvalue weighted by Gasteiger charge is 2.08. The fourth-order valence-electron chi connectivity index (χ4n) is 1.99. The molecule has 5 nitrogen and oxygen atoms in total. The van der Waals surface area contributed by atoms with Crippen molar-refractivity contribution in [2.75, 3.05) is 11.9 Å². The predicted molar refractivity (Wildman–Crippen MR) is 92.9 cm³/mol. The second-order valence-electron chi connectivity index (χ2n) is 5.39. The molecule has 6 heteroatoms. The summed E-state index contributed by atoms with van der Waals surface area (Å²) in [6, 6.07) is 11.4. The van der Waals surface area contributed by atoms with Gasteiger partial charge < -0.3 is 10.6 Å². The maximum Gasteiger partial charge on any atom is 0.271 e. The van der Waals surface area contributed by atoms with Gasteiger partial charge in [-0.05, 0) is 49.6 Å². The van der Waals surface area contributed by atoms with Crippen LogP contribution in [0.25, 0.3) is 0 Å². The molecule has 0 aliphatic carbocycles. The molecular weight excluding hydrogens is 312 g/mol. The zero-order valence-corrected chi connectivity index (χ0v) is 14.1. The van der Waals surface area contributed by atoms with Crippen LogP contribution in [0.3, 0.4) is 0 Å². The van der Waals surface area contributed by atoms with Gasteiger partial charge in [-0.2, -0.15) is 0 Å². The number of hydrogen-bond donors (Lipinski definition) is 2. The van der Waals surface area contributed by atoms with Crippen LogP contribution in [0.15, 0.2) is 36.4 Å². The molecule has 0 spiro atoms. The third-order valence-corrected chi connectivity index (χ3v) is 3.73. The average molecular weight is 333 g/mol. The molecular formula is C17H21ClN4O. The highest BCUT2D eigenvalue weighted by atomic mass is 35.5. The van der Waals surface area contributed by atoms with Crippen LogP contribution in [0.4, 0.5) is 5.82 Å². The Morgan fingerprint density at radius 2 is 2.09 bits per heavy atom. The van der Waals surface area contributed by atoms with Gasteiger partial charge in [0.05, 0.1) is 0 Å². The highest BCUT2D eigenvalue weighted by molar-refractivity contribution is 6.30. The molecule has 1 heterocycles. The molecule has 0 fully saturated rings. The Morgan fingerprint density at radius 3 is 2.74 bits per heavy atom. The minimum Gasteiger partial charge on any atom is -0.366 e. The molecule has 0 bridgehead atoms. The molecule has 0 aliphatic heterocycles. The van der Waals surface area contributed by atoms with E-state index >= 15 is 0 Å². The summed E-state index contributed by atoms with van der Waals surface area (Å²) in [5.74, 6) is 0.449. The number of anilines is 1. The Balaban J connectivity index is 1.83. The van der Waals surface area contributed by atoms with E-state index in [4.69, 9.17) is 11.6 Å². The lowest BCUT2D eigenvalue weighted by Crippen LogP contribution is -2.27. The number of hydrogen-bond acceptors (Lipinski definition) is 4. The second kappa shape index (κ2) is 8.48. The number of carbonyl (C=O) groups excluding carboxylic acids is 1. The first-order valence-corrected chi connectivity index (χ1v) is 8.09. The van der Waals surface area contributed by atoms with Crippen LogP contribution in [-0.4, -0.2) is 28.7 Å². The van der Waals surface area contributed by atoms with Crippen molar-refractivity contribution in [3.63, 3.8) is 0 Å². The molecule has 1 atom stereocenters. The highest BCUT2D eigenvalue weighted by Crippen LogP contribution is 2.11. The van der Waals surface area contributed by atoms with E-state index in [1.165, 1.54) is 0 Å². The van der Waals surface area contributed by atoms with Crippen molar-refractivity contribution in [3.8, 4) is 0 Å². The molecule has 0 aliphatic rings. The fraction of sp³-hybridized carbons (Fsp3) is 0.353. The fourth-order valence-corrected chi connectivity index (χ4v) is 2.20. The summed E-state index contributed by atoms with van der Waals surface area (Å²) >= 11 is 5.93. The summed E-state index contributed by atoms with van der Waals surface area (Å²) in [6.45, 7) is 4.68. The van der Waals surface area contributed by atoms with Gasteiger partial charge in [-0.1, -0.05) is 30.7 Å². The van der Waals surface area contributed by atoms with E-state index < -0.39 is 0 Å². The van der Waals surface area contributed by atoms with Crippen LogP contribution >= 0.6 is 11.6 Å². The van der Waals surface area contributed by atoms with E-state index in [9.17, 15) is 4.79 Å². The van der Waals surface area contributed by atoms with Gasteiger partial charge in [0.15, 0.2) is 5.69 Å². The number of halogens is 1. The van der Waals surface area contributed by atoms with E-state index in [-0.39, 0.29) is 5.91 Å². The van der Waals surface area contributed by atoms with E-state index in [1.54, 1.807) is 12.1 Å². The summed E-state index contributed by atoms with van der Waals surface area (Å²) in [4.78, 5) is 12.0. The van der Waals surface area contributed by atoms with Gasteiger partial charge in [0, 0.05) is 17.6 Å². The molecule has 0 radical (unpaired) electrons. The van der Waals surface area contributed by atoms with Crippen molar-refractivity contribution in [2.45, 2.75) is 32.7 Å². The van der Waals surface area contributed by atoms with Crippen molar-refractivity contribution >= 4 is 23.3 Å². The molecule has 1 aromatic heterocycles. The maximum atomic E-state index is 12.0. The summed E-state index contributed by atoms with van der Waals surface area (Å²) in [7, 11) is 0. The number of rotatable bonds is 7. The topological polar surface area (TPSA) is 66.9 Å². The monoisotopic (exact) mass is 332 g/mol. The Bertz CT molecular complexity index is 645. The zero-order chi connectivity index (χ0) is 16.7. The summed E-state index contributed by atoms with van der Waals surface area (Å²) in [5, 5.41) is 14.7. The molecule has 0 saturated heterocycles. The Hall–Kier alpha value is -2.14. The Labute approximate surface area is 141 Å². The van der Waals surface area contributed by atoms with Crippen molar-refractivity contribution in [3.05, 3.63) is 52.7 Å². The number of benzene rings is 1. The molecule has 2 rings (SSSR count). The van der Waals surface area contributed by atoms with Crippen molar-refractivity contribution in [2.24, 2.45) is 0 Å². The predicted octanol–water partition coefficient (Wildman–Crippen LogP) is 3.31. The van der Waals surface area contributed by atoms with Gasteiger partial charge >= 0.3 is 0 Å². The SMILES string of the molecule is CCC(C)Nc1ccc(C(=O)NCCc2cccc(Cl)c2)nn1. The van der Waals surface area contributed by atoms with Crippen molar-refractivity contribution in [1.29, 1.82) is 0 Å². The number of nitrogens with zero attached hydrogens (tertiary/aromatic N) is 2. The number of nitrogens with one attached hydrogen (secondary N) is 2. The van der Waals surface area contributed by atoms with E-state index in [0.29, 0.717) is 35.5 Å². The molecule has 1 aromatic carbocycles. The standard InChI is InChI=1S/C17H21ClN4O/c1-3-12(2)20-16-8-7-15(21-22-16)17(23)19-10-9-13-5-4-6-14(18)11-13/h4-8,11-12H,3,9-10H2,1-2H3,(H,19,23)(H,20,22). The first kappa shape index (κ1) is 17.2. The van der Waals surface area contributed by atoms with Gasteiger partial charge in [0.2, 0.25) is 0 Å². The van der Waals surface area contributed by atoms with Crippen molar-refractivity contribution in [1.82, 2.24) is 15.5 Å². The normalized spacial score (nSPS) is 11.8. The minimum absolute atomic E-state index is 0.227. The minimum atomic E-state index is -0.227. The molecule has 1 amide bonds. The summed E-state index contributed by atoms with van der Waals surface area (Å²) in [6.07, 6.45) is 1.71. The molecule has 2 aromatic rings. The molecule has 122 valence electrons. The third-order valence-electron chi connectivity index (χ3n) is 3.49. The molecule has 1 unspecified atom stereocenters. The van der Waals surface area contributed by atoms with Crippen LogP contribution in [0.2, 0.25) is 5.02 Å². The number of aromatic nitrogens is 2. The molecule has 2 N–H and O–H groups in total. The largest absolute Gasteiger partial charge is 0.366 e. The summed E-state index contributed by atoms with van der Waals surface area (Å²) < 4.78 is 0. The van der Waals surface area contributed by atoms with Crippen LogP contribution in [0.1, 0.15) is 36.3 Å². The molecule has 23 heavy (non-hydrogen) atoms. The zero-order valence-electron chi connectivity index (χ0n) is 13.3. The Kier molecular flexibility index (Phi) is 6.35. The van der Waals surface area contributed by atoms with Crippen LogP contribution in [0, 0.1) is 0 Å². The first-order valence-electron chi connectivity index (χ1n) is 7.71. The Morgan fingerprint density at radius 1 is 1.26 bits per heavy atom. The van der Waals surface area contributed by atoms with E-state index in [1.807, 2.05) is 24.3 Å². The smallest absolute Gasteiger partial charge is 0.271 e. The summed E-state index contributed by atoms with van der Waals surface area (Å²) in [5.41, 5.74) is 1.39. The second-order valence-corrected chi connectivity index (χ2v) is 5.83. The lowest BCUT2D eigenvalue weighted by Gasteiger charge is -2.11. The third kappa shape index (κ3) is 5.53. The number of amides is 1. The van der Waals surface area contributed by atoms with Gasteiger partial charge in [-0.15, -0.1) is 10.2 Å². The lowest BCUT2D eigenvalue weighted by atomic mass is 10.1. The average Bonchev–Trinajstić information content (AvgIpc) is 2.55. The van der Waals surface area contributed by atoms with Crippen LogP contribution in [0.5, 0.6) is 0 Å². The first-order chi connectivity index (χ1) is 11.1. The van der Waals surface area contributed by atoms with Crippen LogP contribution < -0.4 is 10.6 Å². The maximum absolute atomic E-state index is 12.0. The molecule has 0 saturated carbocycles. The van der Waals surface area contributed by atoms with Gasteiger partial charge in [-0.3, -0.25) is 4.79 Å². The lowest BCUT2D eigenvalue weighted by molar-refractivity contribution is 0.0948. The van der Waals surface area contributed by atoms with Gasteiger partial charge in [-0.25, -0.2) is 0 Å².